The summed E-state index contributed by atoms with van der Waals surface area (Å²) in [4.78, 5) is 82.7. The fraction of sp³-hybridized carbons (Fsp3) is 0.750. The van der Waals surface area contributed by atoms with Crippen molar-refractivity contribution in [1.29, 1.82) is 0 Å². The summed E-state index contributed by atoms with van der Waals surface area (Å²) < 4.78 is 33.5. The van der Waals surface area contributed by atoms with E-state index < -0.39 is 81.0 Å². The second kappa shape index (κ2) is 18.6. The molecule has 1 saturated heterocycles. The number of rotatable bonds is 16. The van der Waals surface area contributed by atoms with Crippen LogP contribution in [-0.2, 0) is 34.1 Å². The topological polar surface area (TPSA) is 204 Å². The maximum absolute atomic E-state index is 14.7. The lowest BCUT2D eigenvalue weighted by molar-refractivity contribution is -0.144. The van der Waals surface area contributed by atoms with E-state index in [1.54, 1.807) is 20.8 Å². The molecule has 0 aromatic carbocycles. The molecule has 1 heterocycles. The van der Waals surface area contributed by atoms with Crippen LogP contribution in [0.5, 0.6) is 0 Å². The quantitative estimate of drug-likeness (QED) is 0.103. The molecule has 2 aliphatic carbocycles. The van der Waals surface area contributed by atoms with E-state index in [4.69, 9.17) is 11.2 Å². The van der Waals surface area contributed by atoms with Crippen LogP contribution < -0.4 is 21.3 Å². The SMILES string of the molecule is C#CCCC(NC(=O)[C@@H]1[C@@H]2[C@H](CN1C(=O)[C@@H](NC(=O)N[C@H](CN(C)S(=O)(=O)N(C)C(=O)OC(C)(C)C)C(C)(C)C)C1CCCCC1)C2(C)C)C(=O)C(=O)NCC=C. The standard InChI is InChI=1S/C40H65N7O9S/c1-13-15-21-27(32(48)34(50)41-22-14-2)42-33(49)31-29-26(40(29,9)10)23-47(31)35(51)30(25-19-17-16-18-20-25)44-36(52)43-28(38(3,4)5)24-45(11)57(54,55)46(12)37(53)56-39(6,7)8/h1,14,25-31H,2,15-24H2,3-12H3,(H,41,50)(H,42,49)(H2,43,44,52)/t26-,27?,28+,29-,30-,31-/m0/s1. The van der Waals surface area contributed by atoms with Gasteiger partial charge in [-0.3, -0.25) is 19.2 Å². The van der Waals surface area contributed by atoms with Crippen LogP contribution in [0.1, 0.15) is 100 Å². The van der Waals surface area contributed by atoms with Gasteiger partial charge in [0, 0.05) is 46.2 Å². The van der Waals surface area contributed by atoms with Crippen LogP contribution in [0.2, 0.25) is 0 Å². The lowest BCUT2D eigenvalue weighted by Gasteiger charge is -2.38. The van der Waals surface area contributed by atoms with E-state index in [1.807, 2.05) is 34.6 Å². The van der Waals surface area contributed by atoms with Crippen LogP contribution in [0.15, 0.2) is 12.7 Å². The Bertz CT molecular complexity index is 1690. The maximum Gasteiger partial charge on any atom is 0.424 e. The highest BCUT2D eigenvalue weighted by atomic mass is 32.2. The molecule has 3 rings (SSSR count). The number of carbonyl (C=O) groups is 6. The zero-order valence-corrected chi connectivity index (χ0v) is 36.2. The lowest BCUT2D eigenvalue weighted by Crippen LogP contribution is -2.62. The number of carbonyl (C=O) groups excluding carboxylic acids is 6. The minimum atomic E-state index is -4.36. The Morgan fingerprint density at radius 3 is 2.16 bits per heavy atom. The normalized spacial score (nSPS) is 22.1. The highest BCUT2D eigenvalue weighted by Crippen LogP contribution is 2.65. The van der Waals surface area contributed by atoms with Gasteiger partial charge in [-0.15, -0.1) is 18.9 Å². The number of urea groups is 1. The van der Waals surface area contributed by atoms with Crippen LogP contribution >= 0.6 is 0 Å². The molecule has 1 aliphatic heterocycles. The molecule has 320 valence electrons. The van der Waals surface area contributed by atoms with Crippen molar-refractivity contribution in [3.05, 3.63) is 12.7 Å². The van der Waals surface area contributed by atoms with Crippen LogP contribution in [0.3, 0.4) is 0 Å². The van der Waals surface area contributed by atoms with E-state index in [0.29, 0.717) is 17.1 Å². The Kier molecular flexibility index (Phi) is 15.4. The molecule has 3 aliphatic rings. The number of ether oxygens (including phenoxy) is 1. The summed E-state index contributed by atoms with van der Waals surface area (Å²) in [5.41, 5.74) is -1.88. The molecule has 4 N–H and O–H groups in total. The lowest BCUT2D eigenvalue weighted by atomic mass is 9.83. The predicted molar refractivity (Wildman–Crippen MR) is 215 cm³/mol. The third-order valence-electron chi connectivity index (χ3n) is 11.5. The second-order valence-corrected chi connectivity index (χ2v) is 20.3. The number of likely N-dealkylation sites (tertiary alicyclic amines) is 1. The molecule has 1 unspecified atom stereocenters. The van der Waals surface area contributed by atoms with Gasteiger partial charge in [0.1, 0.15) is 17.7 Å². The molecule has 2 saturated carbocycles. The molecule has 6 atom stereocenters. The summed E-state index contributed by atoms with van der Waals surface area (Å²) in [6, 6.07) is -4.67. The number of fused-ring (bicyclic) bond motifs is 1. The van der Waals surface area contributed by atoms with Crippen LogP contribution in [-0.4, -0.2) is 121 Å². The summed E-state index contributed by atoms with van der Waals surface area (Å²) in [5, 5.41) is 11.0. The zero-order chi connectivity index (χ0) is 43.3. The average Bonchev–Trinajstić information content (AvgIpc) is 3.42. The van der Waals surface area contributed by atoms with E-state index in [9.17, 15) is 37.2 Å². The Hall–Kier alpha value is -4.17. The molecular weight excluding hydrogens is 755 g/mol. The van der Waals surface area contributed by atoms with E-state index in [-0.39, 0.29) is 55.6 Å². The van der Waals surface area contributed by atoms with Gasteiger partial charge < -0.3 is 30.9 Å². The predicted octanol–water partition coefficient (Wildman–Crippen LogP) is 2.95. The molecule has 3 fully saturated rings. The molecular formula is C40H65N7O9S. The van der Waals surface area contributed by atoms with Gasteiger partial charge in [0.25, 0.3) is 5.91 Å². The van der Waals surface area contributed by atoms with Gasteiger partial charge in [-0.05, 0) is 68.6 Å². The number of amides is 6. The molecule has 6 amide bonds. The number of terminal acetylenes is 1. The number of likely N-dealkylation sites (N-methyl/N-ethyl adjacent to an activating group) is 1. The van der Waals surface area contributed by atoms with Crippen molar-refractivity contribution in [2.75, 3.05) is 33.7 Å². The summed E-state index contributed by atoms with van der Waals surface area (Å²) in [6.45, 7) is 18.0. The molecule has 0 radical (unpaired) electrons. The van der Waals surface area contributed by atoms with Crippen molar-refractivity contribution in [2.24, 2.45) is 28.6 Å². The van der Waals surface area contributed by atoms with Crippen molar-refractivity contribution in [3.8, 4) is 12.3 Å². The largest absolute Gasteiger partial charge is 0.443 e. The molecule has 0 aromatic heterocycles. The third-order valence-corrected chi connectivity index (χ3v) is 13.2. The Morgan fingerprint density at radius 1 is 1.00 bits per heavy atom. The third kappa shape index (κ3) is 11.7. The number of Topliss-reactive ketones (excluding diaryl/α,β-unsaturated/α-hetero) is 1. The first-order chi connectivity index (χ1) is 26.3. The van der Waals surface area contributed by atoms with Crippen molar-refractivity contribution >= 4 is 45.8 Å². The molecule has 57 heavy (non-hydrogen) atoms. The zero-order valence-electron chi connectivity index (χ0n) is 35.4. The maximum atomic E-state index is 14.7. The fourth-order valence-corrected chi connectivity index (χ4v) is 8.84. The van der Waals surface area contributed by atoms with Gasteiger partial charge in [0.05, 0.1) is 6.04 Å². The summed E-state index contributed by atoms with van der Waals surface area (Å²) in [6.07, 6.45) is 10.0. The van der Waals surface area contributed by atoms with Gasteiger partial charge in [-0.25, -0.2) is 9.59 Å². The Morgan fingerprint density at radius 2 is 1.61 bits per heavy atom. The molecule has 0 spiro atoms. The molecule has 17 heteroatoms. The van der Waals surface area contributed by atoms with Crippen LogP contribution in [0, 0.1) is 40.9 Å². The van der Waals surface area contributed by atoms with E-state index in [2.05, 4.69) is 33.8 Å². The number of piperidine rings is 1. The van der Waals surface area contributed by atoms with Gasteiger partial charge >= 0.3 is 22.3 Å². The fourth-order valence-electron chi connectivity index (χ4n) is 7.86. The molecule has 0 aromatic rings. The van der Waals surface area contributed by atoms with E-state index in [1.165, 1.54) is 18.0 Å². The van der Waals surface area contributed by atoms with Gasteiger partial charge in [-0.1, -0.05) is 60.0 Å². The highest BCUT2D eigenvalue weighted by Gasteiger charge is 2.69. The second-order valence-electron chi connectivity index (χ2n) is 18.2. The highest BCUT2D eigenvalue weighted by molar-refractivity contribution is 7.87. The smallest absolute Gasteiger partial charge is 0.424 e. The van der Waals surface area contributed by atoms with Crippen LogP contribution in [0.25, 0.3) is 0 Å². The Labute approximate surface area is 339 Å². The van der Waals surface area contributed by atoms with E-state index in [0.717, 1.165) is 30.6 Å². The minimum absolute atomic E-state index is 0.00430. The minimum Gasteiger partial charge on any atom is -0.443 e. The Balaban J connectivity index is 1.87. The summed E-state index contributed by atoms with van der Waals surface area (Å²) >= 11 is 0. The molecule has 0 bridgehead atoms. The number of hydrogen-bond donors (Lipinski definition) is 4. The van der Waals surface area contributed by atoms with E-state index >= 15 is 0 Å². The summed E-state index contributed by atoms with van der Waals surface area (Å²) in [7, 11) is -1.96. The van der Waals surface area contributed by atoms with Gasteiger partial charge in [-0.2, -0.15) is 17.0 Å². The van der Waals surface area contributed by atoms with Crippen LogP contribution in [0.4, 0.5) is 9.59 Å². The summed E-state index contributed by atoms with van der Waals surface area (Å²) in [5.74, 6) is -0.762. The number of nitrogens with zero attached hydrogens (tertiary/aromatic N) is 3. The van der Waals surface area contributed by atoms with Crippen molar-refractivity contribution in [3.63, 3.8) is 0 Å². The van der Waals surface area contributed by atoms with Crippen molar-refractivity contribution in [2.45, 2.75) is 130 Å². The number of ketones is 1. The first-order valence-electron chi connectivity index (χ1n) is 19.8. The average molecular weight is 820 g/mol. The molecule has 16 nitrogen and oxygen atoms in total. The van der Waals surface area contributed by atoms with Gasteiger partial charge in [0.15, 0.2) is 0 Å². The van der Waals surface area contributed by atoms with Crippen molar-refractivity contribution in [1.82, 2.24) is 34.8 Å². The first kappa shape index (κ1) is 47.2. The number of nitrogens with one attached hydrogen (secondary N) is 4. The number of hydrogen-bond acceptors (Lipinski definition) is 9. The first-order valence-corrected chi connectivity index (χ1v) is 21.2. The van der Waals surface area contributed by atoms with Gasteiger partial charge in [0.2, 0.25) is 17.6 Å². The van der Waals surface area contributed by atoms with Crippen molar-refractivity contribution < 1.29 is 41.9 Å². The monoisotopic (exact) mass is 819 g/mol.